The van der Waals surface area contributed by atoms with E-state index in [4.69, 9.17) is 0 Å². The monoisotopic (exact) mass is 411 g/mol. The molecule has 0 radical (unpaired) electrons. The molecule has 0 saturated carbocycles. The number of H-pyrrole nitrogens is 2. The number of hydrogen-bond acceptors (Lipinski definition) is 3. The fraction of sp³-hybridized carbons (Fsp3) is 0.231. The average molecular weight is 412 g/mol. The lowest BCUT2D eigenvalue weighted by molar-refractivity contribution is 0.321. The Morgan fingerprint density at radius 1 is 0.548 bits per heavy atom. The van der Waals surface area contributed by atoms with E-state index in [1.54, 1.807) is 0 Å². The Hall–Kier alpha value is -3.44. The van der Waals surface area contributed by atoms with Gasteiger partial charge in [0.2, 0.25) is 0 Å². The standard InChI is InChI=1S/C20H14N4.C6H15N/c1-2-14-10-16-5-6-18(23-16)12-20-8-7-19(24-20)11-17-4-3-15(22-17)9-13(1)21-14;1-4-7(5-2)6-3/h1-12,21-22H;4-6H2,1-3H3. The first-order chi connectivity index (χ1) is 15.1. The van der Waals surface area contributed by atoms with Gasteiger partial charge in [-0.05, 0) is 92.5 Å². The van der Waals surface area contributed by atoms with Crippen LogP contribution in [0.2, 0.25) is 0 Å². The molecule has 5 heteroatoms. The van der Waals surface area contributed by atoms with Crippen LogP contribution < -0.4 is 0 Å². The summed E-state index contributed by atoms with van der Waals surface area (Å²) in [6.45, 7) is 10.1. The van der Waals surface area contributed by atoms with E-state index in [2.05, 4.69) is 75.9 Å². The zero-order chi connectivity index (χ0) is 21.6. The summed E-state index contributed by atoms with van der Waals surface area (Å²) in [5, 5.41) is 0. The summed E-state index contributed by atoms with van der Waals surface area (Å²) >= 11 is 0. The molecule has 2 aliphatic heterocycles. The van der Waals surface area contributed by atoms with E-state index in [0.717, 1.165) is 44.8 Å². The minimum absolute atomic E-state index is 0.915. The van der Waals surface area contributed by atoms with Crippen LogP contribution >= 0.6 is 0 Å². The predicted octanol–water partition coefficient (Wildman–Crippen LogP) is 6.00. The normalized spacial score (nSPS) is 12.1. The van der Waals surface area contributed by atoms with Crippen LogP contribution in [0.25, 0.3) is 46.4 Å². The molecule has 0 fully saturated rings. The molecule has 0 aliphatic carbocycles. The lowest BCUT2D eigenvalue weighted by atomic mass is 10.3. The van der Waals surface area contributed by atoms with Crippen molar-refractivity contribution >= 4 is 46.4 Å². The Balaban J connectivity index is 0.000000289. The predicted molar refractivity (Wildman–Crippen MR) is 132 cm³/mol. The second-order valence-electron chi connectivity index (χ2n) is 7.52. The molecule has 3 aromatic heterocycles. The third-order valence-corrected chi connectivity index (χ3v) is 5.38. The van der Waals surface area contributed by atoms with Crippen LogP contribution in [-0.4, -0.2) is 44.5 Å². The lowest BCUT2D eigenvalue weighted by Gasteiger charge is -2.13. The molecule has 5 rings (SSSR count). The zero-order valence-electron chi connectivity index (χ0n) is 18.4. The summed E-state index contributed by atoms with van der Waals surface area (Å²) in [7, 11) is 0. The third-order valence-electron chi connectivity index (χ3n) is 5.38. The number of aromatic amines is 2. The topological polar surface area (TPSA) is 60.6 Å². The minimum atomic E-state index is 0.915. The molecule has 3 aromatic rings. The van der Waals surface area contributed by atoms with Gasteiger partial charge < -0.3 is 14.9 Å². The summed E-state index contributed by atoms with van der Waals surface area (Å²) in [5.74, 6) is 0. The van der Waals surface area contributed by atoms with E-state index in [1.165, 1.54) is 19.6 Å². The van der Waals surface area contributed by atoms with Crippen molar-refractivity contribution in [2.75, 3.05) is 19.6 Å². The smallest absolute Gasteiger partial charge is 0.0659 e. The highest BCUT2D eigenvalue weighted by atomic mass is 15.1. The highest BCUT2D eigenvalue weighted by molar-refractivity contribution is 5.77. The van der Waals surface area contributed by atoms with Gasteiger partial charge in [-0.1, -0.05) is 20.8 Å². The van der Waals surface area contributed by atoms with Gasteiger partial charge in [0.25, 0.3) is 0 Å². The molecule has 31 heavy (non-hydrogen) atoms. The molecular weight excluding hydrogens is 382 g/mol. The van der Waals surface area contributed by atoms with E-state index >= 15 is 0 Å². The summed E-state index contributed by atoms with van der Waals surface area (Å²) in [5.41, 5.74) is 7.86. The van der Waals surface area contributed by atoms with Crippen LogP contribution in [0, 0.1) is 0 Å². The van der Waals surface area contributed by atoms with Crippen LogP contribution in [-0.2, 0) is 0 Å². The molecule has 0 saturated heterocycles. The Labute approximate surface area is 183 Å². The maximum Gasteiger partial charge on any atom is 0.0659 e. The van der Waals surface area contributed by atoms with E-state index in [9.17, 15) is 0 Å². The Kier molecular flexibility index (Phi) is 6.43. The van der Waals surface area contributed by atoms with Crippen LogP contribution in [0.3, 0.4) is 0 Å². The molecule has 5 nitrogen and oxygen atoms in total. The quantitative estimate of drug-likeness (QED) is 0.382. The van der Waals surface area contributed by atoms with Gasteiger partial charge in [0.05, 0.1) is 22.8 Å². The van der Waals surface area contributed by atoms with Crippen molar-refractivity contribution in [3.05, 3.63) is 71.3 Å². The number of fused-ring (bicyclic) bond motifs is 8. The molecule has 2 N–H and O–H groups in total. The molecular formula is C26H29N5. The fourth-order valence-corrected chi connectivity index (χ4v) is 3.61. The highest BCUT2D eigenvalue weighted by Crippen LogP contribution is 2.17. The molecule has 5 heterocycles. The van der Waals surface area contributed by atoms with Gasteiger partial charge in [-0.3, -0.25) is 0 Å². The largest absolute Gasteiger partial charge is 0.355 e. The Bertz CT molecular complexity index is 1160. The number of hydrogen-bond donors (Lipinski definition) is 2. The van der Waals surface area contributed by atoms with Gasteiger partial charge in [0.15, 0.2) is 0 Å². The fourth-order valence-electron chi connectivity index (χ4n) is 3.61. The SMILES string of the molecule is C1=Cc2cc3ccc(cc4ccc(cc5nc(cc1n2)C=C5)[nH]4)[nH]3.CCN(CC)CC. The van der Waals surface area contributed by atoms with Gasteiger partial charge in [-0.25, -0.2) is 9.97 Å². The molecule has 0 atom stereocenters. The lowest BCUT2D eigenvalue weighted by Crippen LogP contribution is -2.21. The molecule has 0 spiro atoms. The second-order valence-corrected chi connectivity index (χ2v) is 7.52. The minimum Gasteiger partial charge on any atom is -0.355 e. The number of nitrogens with zero attached hydrogens (tertiary/aromatic N) is 3. The molecule has 0 aromatic carbocycles. The zero-order valence-corrected chi connectivity index (χ0v) is 18.4. The van der Waals surface area contributed by atoms with E-state index in [0.29, 0.717) is 0 Å². The molecule has 0 unspecified atom stereocenters. The second kappa shape index (κ2) is 9.58. The van der Waals surface area contributed by atoms with Crippen molar-refractivity contribution in [2.24, 2.45) is 0 Å². The van der Waals surface area contributed by atoms with Gasteiger partial charge in [0.1, 0.15) is 0 Å². The molecule has 0 amide bonds. The van der Waals surface area contributed by atoms with E-state index in [-0.39, 0.29) is 0 Å². The number of rotatable bonds is 3. The summed E-state index contributed by atoms with van der Waals surface area (Å²) < 4.78 is 0. The van der Waals surface area contributed by atoms with Gasteiger partial charge in [-0.15, -0.1) is 0 Å². The first kappa shape index (κ1) is 20.8. The summed E-state index contributed by atoms with van der Waals surface area (Å²) in [4.78, 5) is 18.4. The van der Waals surface area contributed by atoms with Crippen LogP contribution in [0.4, 0.5) is 0 Å². The van der Waals surface area contributed by atoms with Gasteiger partial charge >= 0.3 is 0 Å². The molecule has 2 aliphatic rings. The summed E-state index contributed by atoms with van der Waals surface area (Å²) in [6.07, 6.45) is 8.05. The van der Waals surface area contributed by atoms with E-state index < -0.39 is 0 Å². The van der Waals surface area contributed by atoms with Gasteiger partial charge in [0, 0.05) is 22.1 Å². The Morgan fingerprint density at radius 2 is 0.903 bits per heavy atom. The molecule has 158 valence electrons. The van der Waals surface area contributed by atoms with Crippen molar-refractivity contribution < 1.29 is 0 Å². The van der Waals surface area contributed by atoms with Crippen LogP contribution in [0.5, 0.6) is 0 Å². The Morgan fingerprint density at radius 3 is 1.26 bits per heavy atom. The highest BCUT2D eigenvalue weighted by Gasteiger charge is 2.02. The maximum atomic E-state index is 4.62. The number of nitrogens with one attached hydrogen (secondary N) is 2. The van der Waals surface area contributed by atoms with Crippen molar-refractivity contribution in [1.29, 1.82) is 0 Å². The average Bonchev–Trinajstić information content (AvgIpc) is 3.56. The third kappa shape index (κ3) is 5.38. The van der Waals surface area contributed by atoms with E-state index in [1.807, 2.05) is 42.5 Å². The first-order valence-corrected chi connectivity index (χ1v) is 10.9. The van der Waals surface area contributed by atoms with Crippen molar-refractivity contribution in [3.8, 4) is 0 Å². The van der Waals surface area contributed by atoms with Crippen molar-refractivity contribution in [3.63, 3.8) is 0 Å². The maximum absolute atomic E-state index is 4.62. The van der Waals surface area contributed by atoms with Crippen LogP contribution in [0.1, 0.15) is 43.5 Å². The number of aromatic nitrogens is 4. The summed E-state index contributed by atoms with van der Waals surface area (Å²) in [6, 6.07) is 16.4. The first-order valence-electron chi connectivity index (χ1n) is 10.9. The molecule has 8 bridgehead atoms. The van der Waals surface area contributed by atoms with Gasteiger partial charge in [-0.2, -0.15) is 0 Å². The van der Waals surface area contributed by atoms with Crippen molar-refractivity contribution in [1.82, 2.24) is 24.8 Å². The van der Waals surface area contributed by atoms with Crippen molar-refractivity contribution in [2.45, 2.75) is 20.8 Å². The van der Waals surface area contributed by atoms with Crippen LogP contribution in [0.15, 0.2) is 48.5 Å².